The van der Waals surface area contributed by atoms with Gasteiger partial charge < -0.3 is 5.32 Å². The zero-order valence-corrected chi connectivity index (χ0v) is 12.1. The summed E-state index contributed by atoms with van der Waals surface area (Å²) in [5, 5.41) is 3.42. The van der Waals surface area contributed by atoms with Crippen LogP contribution in [0.4, 0.5) is 0 Å². The Hall–Kier alpha value is -0.340. The number of rotatable bonds is 6. The Morgan fingerprint density at radius 3 is 2.62 bits per heavy atom. The molecule has 1 rings (SSSR count). The van der Waals surface area contributed by atoms with Crippen molar-refractivity contribution in [1.29, 1.82) is 0 Å². The van der Waals surface area contributed by atoms with Crippen LogP contribution in [-0.4, -0.2) is 7.05 Å². The van der Waals surface area contributed by atoms with Crippen LogP contribution in [0.2, 0.25) is 0 Å². The van der Waals surface area contributed by atoms with E-state index in [4.69, 9.17) is 0 Å². The second-order valence-corrected chi connectivity index (χ2v) is 5.25. The SMILES string of the molecule is CCCCCC(NC)c1ccc(Br)cc1C. The summed E-state index contributed by atoms with van der Waals surface area (Å²) in [5.74, 6) is 0. The molecule has 1 unspecified atom stereocenters. The zero-order valence-electron chi connectivity index (χ0n) is 10.5. The van der Waals surface area contributed by atoms with Crippen molar-refractivity contribution < 1.29 is 0 Å². The van der Waals surface area contributed by atoms with E-state index in [1.54, 1.807) is 0 Å². The van der Waals surface area contributed by atoms with E-state index >= 15 is 0 Å². The maximum atomic E-state index is 3.51. The van der Waals surface area contributed by atoms with E-state index in [1.165, 1.54) is 36.8 Å². The van der Waals surface area contributed by atoms with Crippen LogP contribution in [0.1, 0.15) is 49.8 Å². The molecule has 1 aromatic rings. The zero-order chi connectivity index (χ0) is 12.0. The summed E-state index contributed by atoms with van der Waals surface area (Å²) in [7, 11) is 2.05. The van der Waals surface area contributed by atoms with Gasteiger partial charge in [-0.1, -0.05) is 48.2 Å². The third-order valence-corrected chi connectivity index (χ3v) is 3.55. The molecule has 0 aromatic heterocycles. The molecule has 0 bridgehead atoms. The highest BCUT2D eigenvalue weighted by atomic mass is 79.9. The monoisotopic (exact) mass is 283 g/mol. The summed E-state index contributed by atoms with van der Waals surface area (Å²) in [4.78, 5) is 0. The first kappa shape index (κ1) is 13.7. The van der Waals surface area contributed by atoms with E-state index < -0.39 is 0 Å². The van der Waals surface area contributed by atoms with Crippen molar-refractivity contribution in [3.05, 3.63) is 33.8 Å². The van der Waals surface area contributed by atoms with Gasteiger partial charge in [0.1, 0.15) is 0 Å². The average molecular weight is 284 g/mol. The number of unbranched alkanes of at least 4 members (excludes halogenated alkanes) is 2. The lowest BCUT2D eigenvalue weighted by Gasteiger charge is -2.19. The van der Waals surface area contributed by atoms with Gasteiger partial charge in [0.2, 0.25) is 0 Å². The number of benzene rings is 1. The fourth-order valence-corrected chi connectivity index (χ4v) is 2.56. The van der Waals surface area contributed by atoms with Crippen molar-refractivity contribution in [3.63, 3.8) is 0 Å². The number of hydrogen-bond donors (Lipinski definition) is 1. The van der Waals surface area contributed by atoms with Crippen LogP contribution < -0.4 is 5.32 Å². The van der Waals surface area contributed by atoms with Crippen LogP contribution in [-0.2, 0) is 0 Å². The fourth-order valence-electron chi connectivity index (χ4n) is 2.08. The predicted molar refractivity (Wildman–Crippen MR) is 74.8 cm³/mol. The lowest BCUT2D eigenvalue weighted by molar-refractivity contribution is 0.510. The maximum Gasteiger partial charge on any atom is 0.0320 e. The summed E-state index contributed by atoms with van der Waals surface area (Å²) in [5.41, 5.74) is 2.80. The highest BCUT2D eigenvalue weighted by molar-refractivity contribution is 9.10. The van der Waals surface area contributed by atoms with Gasteiger partial charge in [0, 0.05) is 10.5 Å². The van der Waals surface area contributed by atoms with Crippen LogP contribution in [0.5, 0.6) is 0 Å². The molecule has 0 spiro atoms. The molecule has 1 aromatic carbocycles. The molecule has 0 aliphatic heterocycles. The summed E-state index contributed by atoms with van der Waals surface area (Å²) >= 11 is 3.51. The number of aryl methyl sites for hydroxylation is 1. The van der Waals surface area contributed by atoms with E-state index in [-0.39, 0.29) is 0 Å². The largest absolute Gasteiger partial charge is 0.313 e. The number of halogens is 1. The lowest BCUT2D eigenvalue weighted by atomic mass is 9.97. The molecule has 0 saturated heterocycles. The molecule has 16 heavy (non-hydrogen) atoms. The minimum atomic E-state index is 0.500. The van der Waals surface area contributed by atoms with Crippen molar-refractivity contribution >= 4 is 15.9 Å². The molecular weight excluding hydrogens is 262 g/mol. The number of hydrogen-bond acceptors (Lipinski definition) is 1. The third kappa shape index (κ3) is 3.91. The summed E-state index contributed by atoms with van der Waals surface area (Å²) in [6.45, 7) is 4.43. The van der Waals surface area contributed by atoms with Crippen LogP contribution in [0, 0.1) is 6.92 Å². The predicted octanol–water partition coefficient (Wildman–Crippen LogP) is 4.60. The average Bonchev–Trinajstić information content (AvgIpc) is 2.26. The summed E-state index contributed by atoms with van der Waals surface area (Å²) in [6.07, 6.45) is 5.15. The Balaban J connectivity index is 2.70. The van der Waals surface area contributed by atoms with Gasteiger partial charge in [-0.3, -0.25) is 0 Å². The van der Waals surface area contributed by atoms with Crippen molar-refractivity contribution in [1.82, 2.24) is 5.32 Å². The first-order valence-electron chi connectivity index (χ1n) is 6.12. The van der Waals surface area contributed by atoms with E-state index in [9.17, 15) is 0 Å². The Labute approximate surface area is 108 Å². The van der Waals surface area contributed by atoms with Gasteiger partial charge >= 0.3 is 0 Å². The molecule has 0 heterocycles. The normalized spacial score (nSPS) is 12.8. The van der Waals surface area contributed by atoms with Crippen molar-refractivity contribution in [2.45, 2.75) is 45.6 Å². The maximum absolute atomic E-state index is 3.51. The minimum absolute atomic E-state index is 0.500. The molecule has 0 amide bonds. The fraction of sp³-hybridized carbons (Fsp3) is 0.571. The van der Waals surface area contributed by atoms with Gasteiger partial charge in [-0.2, -0.15) is 0 Å². The molecule has 0 aliphatic carbocycles. The van der Waals surface area contributed by atoms with Gasteiger partial charge in [0.25, 0.3) is 0 Å². The van der Waals surface area contributed by atoms with E-state index in [2.05, 4.69) is 60.3 Å². The Morgan fingerprint density at radius 1 is 1.31 bits per heavy atom. The number of nitrogens with one attached hydrogen (secondary N) is 1. The van der Waals surface area contributed by atoms with E-state index in [0.29, 0.717) is 6.04 Å². The molecule has 1 nitrogen and oxygen atoms in total. The van der Waals surface area contributed by atoms with Crippen molar-refractivity contribution in [2.24, 2.45) is 0 Å². The van der Waals surface area contributed by atoms with Gasteiger partial charge in [0.15, 0.2) is 0 Å². The second-order valence-electron chi connectivity index (χ2n) is 4.34. The van der Waals surface area contributed by atoms with Crippen LogP contribution in [0.3, 0.4) is 0 Å². The van der Waals surface area contributed by atoms with Gasteiger partial charge in [-0.15, -0.1) is 0 Å². The van der Waals surface area contributed by atoms with Crippen molar-refractivity contribution in [2.75, 3.05) is 7.05 Å². The molecule has 0 radical (unpaired) electrons. The highest BCUT2D eigenvalue weighted by Gasteiger charge is 2.11. The smallest absolute Gasteiger partial charge is 0.0320 e. The Kier molecular flexibility index (Phi) is 6.07. The van der Waals surface area contributed by atoms with Crippen LogP contribution in [0.15, 0.2) is 22.7 Å². The summed E-state index contributed by atoms with van der Waals surface area (Å²) in [6, 6.07) is 7.05. The first-order valence-corrected chi connectivity index (χ1v) is 6.91. The Bertz CT molecular complexity index is 323. The van der Waals surface area contributed by atoms with Gasteiger partial charge in [0.05, 0.1) is 0 Å². The third-order valence-electron chi connectivity index (χ3n) is 3.05. The lowest BCUT2D eigenvalue weighted by Crippen LogP contribution is -2.17. The first-order chi connectivity index (χ1) is 7.69. The highest BCUT2D eigenvalue weighted by Crippen LogP contribution is 2.25. The molecule has 0 aliphatic rings. The van der Waals surface area contributed by atoms with E-state index in [0.717, 1.165) is 4.47 Å². The standard InChI is InChI=1S/C14H22BrN/c1-4-5-6-7-14(16-3)13-9-8-12(15)10-11(13)2/h8-10,14,16H,4-7H2,1-3H3. The summed E-state index contributed by atoms with van der Waals surface area (Å²) < 4.78 is 1.16. The van der Waals surface area contributed by atoms with Crippen LogP contribution >= 0.6 is 15.9 Å². The molecule has 0 saturated carbocycles. The van der Waals surface area contributed by atoms with Crippen molar-refractivity contribution in [3.8, 4) is 0 Å². The topological polar surface area (TPSA) is 12.0 Å². The Morgan fingerprint density at radius 2 is 2.06 bits per heavy atom. The molecule has 0 fully saturated rings. The van der Waals surface area contributed by atoms with Crippen LogP contribution in [0.25, 0.3) is 0 Å². The molecule has 90 valence electrons. The molecule has 2 heteroatoms. The van der Waals surface area contributed by atoms with Gasteiger partial charge in [-0.25, -0.2) is 0 Å². The second kappa shape index (κ2) is 7.08. The quantitative estimate of drug-likeness (QED) is 0.753. The molecule has 1 atom stereocenters. The minimum Gasteiger partial charge on any atom is -0.313 e. The van der Waals surface area contributed by atoms with E-state index in [1.807, 2.05) is 0 Å². The molecule has 1 N–H and O–H groups in total. The molecular formula is C14H22BrN. The van der Waals surface area contributed by atoms with Gasteiger partial charge in [-0.05, 0) is 43.7 Å².